The number of aliphatic hydroxyl groups is 1. The van der Waals surface area contributed by atoms with Gasteiger partial charge in [-0.25, -0.2) is 9.78 Å². The second kappa shape index (κ2) is 8.99. The number of nitrogens with one attached hydrogen (secondary N) is 1. The fraction of sp³-hybridized carbons (Fsp3) is 0.0769. The third-order valence-electron chi connectivity index (χ3n) is 5.78. The second-order valence-corrected chi connectivity index (χ2v) is 8.75. The van der Waals surface area contributed by atoms with Crippen molar-refractivity contribution in [2.45, 2.75) is 13.2 Å². The summed E-state index contributed by atoms with van der Waals surface area (Å²) < 4.78 is 1.90. The van der Waals surface area contributed by atoms with E-state index in [0.717, 1.165) is 16.5 Å². The van der Waals surface area contributed by atoms with Gasteiger partial charge in [0, 0.05) is 38.6 Å². The number of nitrogens with zero attached hydrogens (tertiary/aromatic N) is 2. The van der Waals surface area contributed by atoms with Crippen LogP contribution in [0.4, 0.5) is 0 Å². The first-order valence-electron chi connectivity index (χ1n) is 10.5. The first kappa shape index (κ1) is 22.2. The lowest BCUT2D eigenvalue weighted by Gasteiger charge is -2.14. The van der Waals surface area contributed by atoms with Gasteiger partial charge in [-0.2, -0.15) is 0 Å². The molecule has 0 bridgehead atoms. The van der Waals surface area contributed by atoms with Gasteiger partial charge in [-0.05, 0) is 35.4 Å². The number of imidazole rings is 1. The standard InChI is InChI=1S/C26H19Cl2N3O3/c27-18-7-6-16(17(10-18)13-32)12-31-14-29-23(15-4-2-1-3-5-15)25(31)22-20-9-8-19(28)11-21(20)30-24(22)26(33)34/h1-11,14,30,32H,12-13H2,(H,33,34). The lowest BCUT2D eigenvalue weighted by atomic mass is 10.0. The van der Waals surface area contributed by atoms with E-state index in [1.165, 1.54) is 0 Å². The molecule has 5 aromatic rings. The van der Waals surface area contributed by atoms with E-state index in [2.05, 4.69) is 9.97 Å². The van der Waals surface area contributed by atoms with Crippen molar-refractivity contribution >= 4 is 40.1 Å². The molecule has 0 saturated heterocycles. The summed E-state index contributed by atoms with van der Waals surface area (Å²) in [7, 11) is 0. The minimum atomic E-state index is -1.09. The van der Waals surface area contributed by atoms with Gasteiger partial charge in [-0.3, -0.25) is 0 Å². The zero-order chi connectivity index (χ0) is 23.8. The average molecular weight is 492 g/mol. The number of hydrogen-bond donors (Lipinski definition) is 3. The molecule has 0 unspecified atom stereocenters. The Hall–Kier alpha value is -3.58. The fourth-order valence-electron chi connectivity index (χ4n) is 4.23. The molecule has 0 aliphatic carbocycles. The number of fused-ring (bicyclic) bond motifs is 1. The number of halogens is 2. The monoisotopic (exact) mass is 491 g/mol. The highest BCUT2D eigenvalue weighted by Gasteiger charge is 2.25. The highest BCUT2D eigenvalue weighted by Crippen LogP contribution is 2.39. The molecular formula is C26H19Cl2N3O3. The van der Waals surface area contributed by atoms with E-state index in [4.69, 9.17) is 23.2 Å². The summed E-state index contributed by atoms with van der Waals surface area (Å²) in [5, 5.41) is 21.7. The number of carboxylic acid groups (broad SMARTS) is 1. The molecule has 8 heteroatoms. The Balaban J connectivity index is 1.79. The Bertz CT molecular complexity index is 1520. The van der Waals surface area contributed by atoms with Crippen LogP contribution in [0.5, 0.6) is 0 Å². The Morgan fingerprint density at radius 3 is 2.44 bits per heavy atom. The summed E-state index contributed by atoms with van der Waals surface area (Å²) in [5.41, 5.74) is 4.89. The molecule has 0 atom stereocenters. The number of aliphatic hydroxyl groups excluding tert-OH is 1. The normalized spacial score (nSPS) is 11.3. The first-order valence-corrected chi connectivity index (χ1v) is 11.3. The topological polar surface area (TPSA) is 91.1 Å². The zero-order valence-corrected chi connectivity index (χ0v) is 19.3. The van der Waals surface area contributed by atoms with Crippen LogP contribution >= 0.6 is 23.2 Å². The molecule has 2 heterocycles. The number of carbonyl (C=O) groups is 1. The number of aromatic nitrogens is 3. The van der Waals surface area contributed by atoms with Crippen LogP contribution in [-0.2, 0) is 13.2 Å². The van der Waals surface area contributed by atoms with Crippen molar-refractivity contribution < 1.29 is 15.0 Å². The molecule has 0 amide bonds. The smallest absolute Gasteiger partial charge is 0.353 e. The minimum absolute atomic E-state index is 0.0506. The molecule has 6 nitrogen and oxygen atoms in total. The molecule has 170 valence electrons. The Kier molecular flexibility index (Phi) is 5.87. The lowest BCUT2D eigenvalue weighted by Crippen LogP contribution is -2.06. The summed E-state index contributed by atoms with van der Waals surface area (Å²) in [6.45, 7) is 0.193. The van der Waals surface area contributed by atoms with Crippen molar-refractivity contribution in [2.24, 2.45) is 0 Å². The van der Waals surface area contributed by atoms with Crippen LogP contribution in [0, 0.1) is 0 Å². The SMILES string of the molecule is O=C(O)c1[nH]c2cc(Cl)ccc2c1-c1c(-c2ccccc2)ncn1Cc1ccc(Cl)cc1CO. The molecule has 2 aromatic heterocycles. The number of aromatic amines is 1. The van der Waals surface area contributed by atoms with Gasteiger partial charge in [0.15, 0.2) is 0 Å². The van der Waals surface area contributed by atoms with Crippen molar-refractivity contribution in [3.8, 4) is 22.5 Å². The van der Waals surface area contributed by atoms with Crippen molar-refractivity contribution in [3.63, 3.8) is 0 Å². The number of carboxylic acids is 1. The van der Waals surface area contributed by atoms with Crippen LogP contribution in [0.15, 0.2) is 73.1 Å². The van der Waals surface area contributed by atoms with E-state index in [9.17, 15) is 15.0 Å². The van der Waals surface area contributed by atoms with Gasteiger partial charge >= 0.3 is 5.97 Å². The summed E-state index contributed by atoms with van der Waals surface area (Å²) in [6, 6.07) is 20.2. The van der Waals surface area contributed by atoms with Crippen molar-refractivity contribution in [2.75, 3.05) is 0 Å². The molecule has 34 heavy (non-hydrogen) atoms. The lowest BCUT2D eigenvalue weighted by molar-refractivity contribution is 0.0692. The third-order valence-corrected chi connectivity index (χ3v) is 6.25. The Labute approximate surface area is 205 Å². The van der Waals surface area contributed by atoms with Crippen LogP contribution in [-0.4, -0.2) is 30.7 Å². The number of benzene rings is 3. The zero-order valence-electron chi connectivity index (χ0n) is 17.8. The molecule has 3 aromatic carbocycles. The van der Waals surface area contributed by atoms with Crippen LogP contribution in [0.2, 0.25) is 10.0 Å². The minimum Gasteiger partial charge on any atom is -0.477 e. The number of hydrogen-bond acceptors (Lipinski definition) is 3. The quantitative estimate of drug-likeness (QED) is 0.262. The van der Waals surface area contributed by atoms with Gasteiger partial charge in [-0.1, -0.05) is 65.7 Å². The maximum absolute atomic E-state index is 12.3. The summed E-state index contributed by atoms with van der Waals surface area (Å²) in [6.07, 6.45) is 1.69. The van der Waals surface area contributed by atoms with Crippen molar-refractivity contribution in [1.82, 2.24) is 14.5 Å². The molecule has 0 saturated carbocycles. The second-order valence-electron chi connectivity index (χ2n) is 7.88. The predicted molar refractivity (Wildman–Crippen MR) is 133 cm³/mol. The third kappa shape index (κ3) is 3.96. The molecular weight excluding hydrogens is 473 g/mol. The number of aromatic carboxylic acids is 1. The van der Waals surface area contributed by atoms with Gasteiger partial charge in [0.1, 0.15) is 5.69 Å². The van der Waals surface area contributed by atoms with E-state index in [0.29, 0.717) is 44.6 Å². The maximum Gasteiger partial charge on any atom is 0.353 e. The first-order chi connectivity index (χ1) is 16.5. The number of H-pyrrole nitrogens is 1. The van der Waals surface area contributed by atoms with Crippen molar-refractivity contribution in [3.05, 3.63) is 99.9 Å². The Morgan fingerprint density at radius 2 is 1.71 bits per heavy atom. The molecule has 0 fully saturated rings. The van der Waals surface area contributed by atoms with Crippen LogP contribution in [0.25, 0.3) is 33.4 Å². The molecule has 0 aliphatic heterocycles. The largest absolute Gasteiger partial charge is 0.477 e. The Morgan fingerprint density at radius 1 is 0.971 bits per heavy atom. The predicted octanol–water partition coefficient (Wildman–Crippen LogP) is 6.24. The van der Waals surface area contributed by atoms with Crippen LogP contribution < -0.4 is 0 Å². The van der Waals surface area contributed by atoms with Crippen molar-refractivity contribution in [1.29, 1.82) is 0 Å². The van der Waals surface area contributed by atoms with Crippen LogP contribution in [0.3, 0.4) is 0 Å². The number of rotatable bonds is 6. The van der Waals surface area contributed by atoms with E-state index in [1.807, 2.05) is 47.0 Å². The average Bonchev–Trinajstić information content (AvgIpc) is 3.41. The van der Waals surface area contributed by atoms with Gasteiger partial charge < -0.3 is 19.8 Å². The molecule has 0 aliphatic rings. The van der Waals surface area contributed by atoms with Gasteiger partial charge in [-0.15, -0.1) is 0 Å². The van der Waals surface area contributed by atoms with Gasteiger partial charge in [0.05, 0.1) is 24.3 Å². The molecule has 5 rings (SSSR count). The highest BCUT2D eigenvalue weighted by atomic mass is 35.5. The van der Waals surface area contributed by atoms with E-state index in [-0.39, 0.29) is 12.3 Å². The van der Waals surface area contributed by atoms with Gasteiger partial charge in [0.2, 0.25) is 0 Å². The van der Waals surface area contributed by atoms with E-state index < -0.39 is 5.97 Å². The molecule has 3 N–H and O–H groups in total. The van der Waals surface area contributed by atoms with E-state index in [1.54, 1.807) is 30.6 Å². The van der Waals surface area contributed by atoms with E-state index >= 15 is 0 Å². The fourth-order valence-corrected chi connectivity index (χ4v) is 4.59. The summed E-state index contributed by atoms with van der Waals surface area (Å²) in [4.78, 5) is 20.0. The summed E-state index contributed by atoms with van der Waals surface area (Å²) in [5.74, 6) is -1.09. The summed E-state index contributed by atoms with van der Waals surface area (Å²) >= 11 is 12.3. The molecule has 0 spiro atoms. The van der Waals surface area contributed by atoms with Crippen LogP contribution in [0.1, 0.15) is 21.6 Å². The highest BCUT2D eigenvalue weighted by molar-refractivity contribution is 6.31. The maximum atomic E-state index is 12.3. The molecule has 0 radical (unpaired) electrons. The van der Waals surface area contributed by atoms with Gasteiger partial charge in [0.25, 0.3) is 0 Å².